The molecule has 224 valence electrons. The fourth-order valence-electron chi connectivity index (χ4n) is 4.34. The summed E-state index contributed by atoms with van der Waals surface area (Å²) >= 11 is 0. The number of nitrogens with zero attached hydrogens (tertiary/aromatic N) is 1. The Morgan fingerprint density at radius 1 is 1.00 bits per heavy atom. The van der Waals surface area contributed by atoms with Crippen molar-refractivity contribution in [3.05, 3.63) is 65.7 Å². The number of aliphatic hydroxyl groups excluding tert-OH is 1. The molecule has 8 nitrogen and oxygen atoms in total. The van der Waals surface area contributed by atoms with Crippen LogP contribution in [0.4, 0.5) is 0 Å². The third-order valence-corrected chi connectivity index (χ3v) is 8.46. The Bertz CT molecular complexity index is 1090. The van der Waals surface area contributed by atoms with Crippen molar-refractivity contribution in [1.29, 1.82) is 0 Å². The SMILES string of the molecule is CCCN(CCC)S(=O)(=O)CCC(=O)N[C@@H](Cc1cccc(OCc2ccccc2)c1)[C@H](O)CNCCC(C)C. The standard InChI is InChI=1S/C31H49N3O5S/c1-5-18-34(19-6-2)40(37,38)20-16-31(36)33-29(30(35)23-32-17-15-25(3)4)22-27-13-10-14-28(21-27)39-24-26-11-8-7-9-12-26/h7-14,21,25,29-30,32,35H,5-6,15-20,22-24H2,1-4H3,(H,33,36)/t29-,30+/m0/s1. The highest BCUT2D eigenvalue weighted by molar-refractivity contribution is 7.89. The fourth-order valence-corrected chi connectivity index (χ4v) is 5.96. The topological polar surface area (TPSA) is 108 Å². The molecule has 2 aromatic carbocycles. The Balaban J connectivity index is 2.06. The summed E-state index contributed by atoms with van der Waals surface area (Å²) in [4.78, 5) is 12.9. The van der Waals surface area contributed by atoms with Gasteiger partial charge in [0.2, 0.25) is 15.9 Å². The van der Waals surface area contributed by atoms with Crippen molar-refractivity contribution in [3.8, 4) is 5.75 Å². The maximum atomic E-state index is 12.9. The van der Waals surface area contributed by atoms with Crippen LogP contribution in [0.1, 0.15) is 64.5 Å². The van der Waals surface area contributed by atoms with Crippen LogP contribution in [-0.4, -0.2) is 67.8 Å². The summed E-state index contributed by atoms with van der Waals surface area (Å²) in [7, 11) is -3.54. The van der Waals surface area contributed by atoms with Crippen LogP contribution in [0.5, 0.6) is 5.75 Å². The molecular weight excluding hydrogens is 526 g/mol. The first-order valence-corrected chi connectivity index (χ1v) is 16.2. The molecule has 0 radical (unpaired) electrons. The predicted octanol–water partition coefficient (Wildman–Crippen LogP) is 4.13. The molecule has 0 saturated heterocycles. The van der Waals surface area contributed by atoms with E-state index in [1.54, 1.807) is 0 Å². The Morgan fingerprint density at radius 2 is 1.68 bits per heavy atom. The summed E-state index contributed by atoms with van der Waals surface area (Å²) in [6, 6.07) is 16.9. The highest BCUT2D eigenvalue weighted by Crippen LogP contribution is 2.18. The minimum absolute atomic E-state index is 0.156. The molecule has 3 N–H and O–H groups in total. The lowest BCUT2D eigenvalue weighted by atomic mass is 10.0. The second-order valence-electron chi connectivity index (χ2n) is 10.7. The molecule has 0 unspecified atom stereocenters. The van der Waals surface area contributed by atoms with E-state index in [0.717, 1.165) is 36.9 Å². The smallest absolute Gasteiger partial charge is 0.221 e. The molecule has 0 fully saturated rings. The van der Waals surface area contributed by atoms with E-state index in [1.165, 1.54) is 4.31 Å². The fraction of sp³-hybridized carbons (Fsp3) is 0.581. The van der Waals surface area contributed by atoms with Crippen LogP contribution in [-0.2, 0) is 27.8 Å². The minimum atomic E-state index is -3.54. The van der Waals surface area contributed by atoms with Gasteiger partial charge in [-0.2, -0.15) is 0 Å². The first-order valence-electron chi connectivity index (χ1n) is 14.6. The van der Waals surface area contributed by atoms with Crippen LogP contribution in [0, 0.1) is 5.92 Å². The van der Waals surface area contributed by atoms with Crippen LogP contribution < -0.4 is 15.4 Å². The zero-order chi connectivity index (χ0) is 29.4. The monoisotopic (exact) mass is 575 g/mol. The van der Waals surface area contributed by atoms with Gasteiger partial charge in [-0.3, -0.25) is 4.79 Å². The number of carbonyl (C=O) groups is 1. The van der Waals surface area contributed by atoms with E-state index in [9.17, 15) is 18.3 Å². The number of amides is 1. The number of ether oxygens (including phenoxy) is 1. The number of carbonyl (C=O) groups excluding carboxylic acids is 1. The Hall–Kier alpha value is -2.46. The van der Waals surface area contributed by atoms with Crippen molar-refractivity contribution in [2.75, 3.05) is 31.9 Å². The molecule has 0 heterocycles. The van der Waals surface area contributed by atoms with Crippen molar-refractivity contribution in [2.24, 2.45) is 5.92 Å². The molecule has 0 aliphatic heterocycles. The van der Waals surface area contributed by atoms with Gasteiger partial charge in [-0.25, -0.2) is 12.7 Å². The van der Waals surface area contributed by atoms with E-state index in [2.05, 4.69) is 24.5 Å². The van der Waals surface area contributed by atoms with Gasteiger partial charge in [-0.1, -0.05) is 70.2 Å². The molecule has 0 saturated carbocycles. The van der Waals surface area contributed by atoms with Crippen LogP contribution in [0.15, 0.2) is 54.6 Å². The average molecular weight is 576 g/mol. The highest BCUT2D eigenvalue weighted by Gasteiger charge is 2.25. The van der Waals surface area contributed by atoms with Gasteiger partial charge in [0.05, 0.1) is 17.9 Å². The van der Waals surface area contributed by atoms with Crippen molar-refractivity contribution >= 4 is 15.9 Å². The van der Waals surface area contributed by atoms with Crippen molar-refractivity contribution < 1.29 is 23.1 Å². The first-order chi connectivity index (χ1) is 19.1. The van der Waals surface area contributed by atoms with Gasteiger partial charge in [0, 0.05) is 26.1 Å². The lowest BCUT2D eigenvalue weighted by Crippen LogP contribution is -2.49. The predicted molar refractivity (Wildman–Crippen MR) is 162 cm³/mol. The van der Waals surface area contributed by atoms with Crippen LogP contribution >= 0.6 is 0 Å². The molecule has 0 aromatic heterocycles. The minimum Gasteiger partial charge on any atom is -0.489 e. The second kappa shape index (κ2) is 18.1. The molecule has 1 amide bonds. The summed E-state index contributed by atoms with van der Waals surface area (Å²) in [6.07, 6.45) is 1.80. The number of rotatable bonds is 20. The van der Waals surface area contributed by atoms with Crippen molar-refractivity contribution in [1.82, 2.24) is 14.9 Å². The first kappa shape index (κ1) is 33.7. The third-order valence-electron chi connectivity index (χ3n) is 6.59. The number of hydrogen-bond donors (Lipinski definition) is 3. The maximum Gasteiger partial charge on any atom is 0.221 e. The van der Waals surface area contributed by atoms with Crippen LogP contribution in [0.25, 0.3) is 0 Å². The number of sulfonamides is 1. The van der Waals surface area contributed by atoms with Gasteiger partial charge in [0.1, 0.15) is 12.4 Å². The van der Waals surface area contributed by atoms with E-state index >= 15 is 0 Å². The molecule has 0 aliphatic rings. The van der Waals surface area contributed by atoms with Crippen LogP contribution in [0.2, 0.25) is 0 Å². The zero-order valence-corrected chi connectivity index (χ0v) is 25.5. The molecule has 2 aromatic rings. The van der Waals surface area contributed by atoms with E-state index in [-0.39, 0.29) is 18.1 Å². The third kappa shape index (κ3) is 12.8. The molecule has 2 rings (SSSR count). The van der Waals surface area contributed by atoms with Crippen LogP contribution in [0.3, 0.4) is 0 Å². The van der Waals surface area contributed by atoms with Gasteiger partial charge >= 0.3 is 0 Å². The number of aliphatic hydroxyl groups is 1. The molecule has 0 spiro atoms. The lowest BCUT2D eigenvalue weighted by Gasteiger charge is -2.26. The van der Waals surface area contributed by atoms with E-state index in [4.69, 9.17) is 4.74 Å². The lowest BCUT2D eigenvalue weighted by molar-refractivity contribution is -0.122. The van der Waals surface area contributed by atoms with Gasteiger partial charge < -0.3 is 20.5 Å². The molecule has 2 atom stereocenters. The van der Waals surface area contributed by atoms with Gasteiger partial charge in [0.25, 0.3) is 0 Å². The summed E-state index contributed by atoms with van der Waals surface area (Å²) in [6.45, 7) is 10.6. The van der Waals surface area contributed by atoms with Gasteiger partial charge in [-0.05, 0) is 61.4 Å². The average Bonchev–Trinajstić information content (AvgIpc) is 2.93. The molecule has 40 heavy (non-hydrogen) atoms. The summed E-state index contributed by atoms with van der Waals surface area (Å²) in [5.74, 6) is 0.603. The van der Waals surface area contributed by atoms with Crippen molar-refractivity contribution in [2.45, 2.75) is 78.6 Å². The molecular formula is C31H49N3O5S. The maximum absolute atomic E-state index is 12.9. The van der Waals surface area contributed by atoms with E-state index < -0.39 is 22.2 Å². The number of hydrogen-bond acceptors (Lipinski definition) is 6. The number of benzene rings is 2. The van der Waals surface area contributed by atoms with Gasteiger partial charge in [-0.15, -0.1) is 0 Å². The summed E-state index contributed by atoms with van der Waals surface area (Å²) in [5, 5.41) is 17.2. The summed E-state index contributed by atoms with van der Waals surface area (Å²) in [5.41, 5.74) is 1.97. The molecule has 0 bridgehead atoms. The second-order valence-corrected chi connectivity index (χ2v) is 12.8. The Morgan fingerprint density at radius 3 is 2.33 bits per heavy atom. The quantitative estimate of drug-likeness (QED) is 0.205. The summed E-state index contributed by atoms with van der Waals surface area (Å²) < 4.78 is 33.1. The normalized spacial score (nSPS) is 13.4. The molecule has 0 aliphatic carbocycles. The zero-order valence-electron chi connectivity index (χ0n) is 24.6. The Kier molecular flexibility index (Phi) is 15.2. The Labute approximate surface area is 241 Å². The molecule has 9 heteroatoms. The number of nitrogens with one attached hydrogen (secondary N) is 2. The van der Waals surface area contributed by atoms with E-state index in [1.807, 2.05) is 68.4 Å². The van der Waals surface area contributed by atoms with Crippen molar-refractivity contribution in [3.63, 3.8) is 0 Å². The van der Waals surface area contributed by atoms with E-state index in [0.29, 0.717) is 44.3 Å². The largest absolute Gasteiger partial charge is 0.489 e. The van der Waals surface area contributed by atoms with Gasteiger partial charge in [0.15, 0.2) is 0 Å². The highest BCUT2D eigenvalue weighted by atomic mass is 32.2.